The molecular formula is C19H27FN4O3. The minimum atomic E-state index is -0.558. The highest BCUT2D eigenvalue weighted by Crippen LogP contribution is 2.33. The van der Waals surface area contributed by atoms with Crippen LogP contribution in [0.5, 0.6) is 0 Å². The van der Waals surface area contributed by atoms with E-state index in [1.54, 1.807) is 11.0 Å². The van der Waals surface area contributed by atoms with Gasteiger partial charge in [0, 0.05) is 30.5 Å². The zero-order valence-electron chi connectivity index (χ0n) is 16.1. The van der Waals surface area contributed by atoms with Crippen LogP contribution in [0.15, 0.2) is 29.4 Å². The van der Waals surface area contributed by atoms with Crippen LogP contribution in [0.2, 0.25) is 0 Å². The quantitative estimate of drug-likeness (QED) is 0.307. The number of hydrogen-bond acceptors (Lipinski definition) is 4. The van der Waals surface area contributed by atoms with Crippen LogP contribution in [0.4, 0.5) is 9.18 Å². The van der Waals surface area contributed by atoms with Crippen molar-refractivity contribution in [2.24, 2.45) is 11.0 Å². The van der Waals surface area contributed by atoms with Crippen molar-refractivity contribution >= 4 is 6.09 Å². The normalized spacial score (nSPS) is 18.5. The number of halogens is 1. The van der Waals surface area contributed by atoms with Crippen molar-refractivity contribution in [1.82, 2.24) is 4.90 Å². The summed E-state index contributed by atoms with van der Waals surface area (Å²) in [4.78, 5) is 16.8. The lowest BCUT2D eigenvalue weighted by molar-refractivity contribution is -0.0234. The summed E-state index contributed by atoms with van der Waals surface area (Å²) in [6.07, 6.45) is 0.927. The van der Waals surface area contributed by atoms with Crippen LogP contribution in [0.1, 0.15) is 45.3 Å². The average Bonchev–Trinajstić information content (AvgIpc) is 2.60. The first-order chi connectivity index (χ1) is 12.8. The number of carbonyl (C=O) groups is 1. The maximum atomic E-state index is 13.7. The number of benzene rings is 1. The number of ether oxygens (including phenoxy) is 2. The maximum Gasteiger partial charge on any atom is 0.410 e. The molecule has 1 aromatic rings. The van der Waals surface area contributed by atoms with E-state index < -0.39 is 5.60 Å². The Morgan fingerprint density at radius 2 is 2.26 bits per heavy atom. The van der Waals surface area contributed by atoms with E-state index in [0.717, 1.165) is 12.8 Å². The molecule has 1 aliphatic rings. The summed E-state index contributed by atoms with van der Waals surface area (Å²) < 4.78 is 25.1. The Labute approximate surface area is 159 Å². The van der Waals surface area contributed by atoms with E-state index >= 15 is 0 Å². The number of hydrogen-bond donors (Lipinski definition) is 0. The molecule has 0 saturated carbocycles. The molecule has 1 aliphatic heterocycles. The maximum absolute atomic E-state index is 13.7. The highest BCUT2D eigenvalue weighted by molar-refractivity contribution is 5.68. The molecule has 0 N–H and O–H groups in total. The number of azide groups is 1. The number of nitrogens with zero attached hydrogens (tertiary/aromatic N) is 4. The molecule has 1 amide bonds. The fourth-order valence-electron chi connectivity index (χ4n) is 3.20. The largest absolute Gasteiger partial charge is 0.444 e. The van der Waals surface area contributed by atoms with Crippen molar-refractivity contribution in [2.45, 2.75) is 45.3 Å². The van der Waals surface area contributed by atoms with Crippen molar-refractivity contribution < 1.29 is 18.7 Å². The molecule has 0 radical (unpaired) electrons. The lowest BCUT2D eigenvalue weighted by Crippen LogP contribution is -2.44. The third-order valence-electron chi connectivity index (χ3n) is 4.27. The second-order valence-electron chi connectivity index (χ2n) is 7.63. The second-order valence-corrected chi connectivity index (χ2v) is 7.63. The molecule has 1 saturated heterocycles. The van der Waals surface area contributed by atoms with Crippen molar-refractivity contribution in [3.8, 4) is 0 Å². The molecule has 2 unspecified atom stereocenters. The van der Waals surface area contributed by atoms with Gasteiger partial charge in [-0.25, -0.2) is 9.18 Å². The first-order valence-electron chi connectivity index (χ1n) is 9.16. The second kappa shape index (κ2) is 9.58. The number of piperidine rings is 1. The van der Waals surface area contributed by atoms with Gasteiger partial charge in [0.05, 0.1) is 12.7 Å². The number of carbonyl (C=O) groups excluding carboxylic acids is 1. The Balaban J connectivity index is 2.13. The molecular weight excluding hydrogens is 351 g/mol. The van der Waals surface area contributed by atoms with Gasteiger partial charge in [-0.3, -0.25) is 0 Å². The predicted molar refractivity (Wildman–Crippen MR) is 99.6 cm³/mol. The molecule has 148 valence electrons. The standard InChI is InChI=1S/C19H27FN4O3/c1-19(2,3)27-18(25)24-10-5-7-15(13-24)17(26-11-9-22-23-21)14-6-4-8-16(20)12-14/h4,6,8,12,15,17H,5,7,9-11,13H2,1-3H3. The lowest BCUT2D eigenvalue weighted by Gasteiger charge is -2.37. The molecule has 0 spiro atoms. The van der Waals surface area contributed by atoms with Crippen molar-refractivity contribution in [3.63, 3.8) is 0 Å². The summed E-state index contributed by atoms with van der Waals surface area (Å²) in [5.74, 6) is -0.338. The Kier molecular flexibility index (Phi) is 7.45. The molecule has 1 aromatic carbocycles. The van der Waals surface area contributed by atoms with Crippen LogP contribution in [0.25, 0.3) is 10.4 Å². The monoisotopic (exact) mass is 378 g/mol. The van der Waals surface area contributed by atoms with Gasteiger partial charge in [-0.05, 0) is 56.8 Å². The summed E-state index contributed by atoms with van der Waals surface area (Å²) in [6, 6.07) is 6.29. The fourth-order valence-corrected chi connectivity index (χ4v) is 3.20. The van der Waals surface area contributed by atoms with Gasteiger partial charge in [0.15, 0.2) is 0 Å². The molecule has 0 aromatic heterocycles. The van der Waals surface area contributed by atoms with Crippen LogP contribution >= 0.6 is 0 Å². The van der Waals surface area contributed by atoms with Gasteiger partial charge >= 0.3 is 6.09 Å². The summed E-state index contributed by atoms with van der Waals surface area (Å²) in [5, 5.41) is 3.48. The summed E-state index contributed by atoms with van der Waals surface area (Å²) in [6.45, 7) is 7.03. The predicted octanol–water partition coefficient (Wildman–Crippen LogP) is 4.84. The third-order valence-corrected chi connectivity index (χ3v) is 4.27. The zero-order chi connectivity index (χ0) is 19.9. The molecule has 0 bridgehead atoms. The van der Waals surface area contributed by atoms with E-state index in [4.69, 9.17) is 15.0 Å². The summed E-state index contributed by atoms with van der Waals surface area (Å²) in [5.41, 5.74) is 8.57. The molecule has 7 nitrogen and oxygen atoms in total. The highest BCUT2D eigenvalue weighted by Gasteiger charge is 2.33. The van der Waals surface area contributed by atoms with E-state index in [0.29, 0.717) is 18.7 Å². The Morgan fingerprint density at radius 1 is 1.48 bits per heavy atom. The molecule has 8 heteroatoms. The van der Waals surface area contributed by atoms with Crippen LogP contribution in [-0.4, -0.2) is 42.8 Å². The van der Waals surface area contributed by atoms with Gasteiger partial charge in [0.1, 0.15) is 11.4 Å². The van der Waals surface area contributed by atoms with E-state index in [1.165, 1.54) is 12.1 Å². The molecule has 2 rings (SSSR count). The summed E-state index contributed by atoms with van der Waals surface area (Å²) in [7, 11) is 0. The zero-order valence-corrected chi connectivity index (χ0v) is 16.1. The van der Waals surface area contributed by atoms with Gasteiger partial charge in [0.2, 0.25) is 0 Å². The van der Waals surface area contributed by atoms with Gasteiger partial charge in [-0.15, -0.1) is 0 Å². The molecule has 27 heavy (non-hydrogen) atoms. The van der Waals surface area contributed by atoms with Gasteiger partial charge < -0.3 is 14.4 Å². The first-order valence-corrected chi connectivity index (χ1v) is 9.16. The Bertz CT molecular complexity index is 686. The third kappa shape index (κ3) is 6.73. The molecule has 1 fully saturated rings. The first kappa shape index (κ1) is 21.0. The van der Waals surface area contributed by atoms with E-state index in [1.807, 2.05) is 26.8 Å². The molecule has 2 atom stereocenters. The Morgan fingerprint density at radius 3 is 2.93 bits per heavy atom. The van der Waals surface area contributed by atoms with Crippen LogP contribution in [-0.2, 0) is 9.47 Å². The minimum Gasteiger partial charge on any atom is -0.444 e. The topological polar surface area (TPSA) is 87.5 Å². The number of likely N-dealkylation sites (tertiary alicyclic amines) is 1. The fraction of sp³-hybridized carbons (Fsp3) is 0.632. The number of rotatable bonds is 6. The van der Waals surface area contributed by atoms with Crippen LogP contribution in [0.3, 0.4) is 0 Å². The van der Waals surface area contributed by atoms with E-state index in [-0.39, 0.29) is 37.1 Å². The molecule has 1 heterocycles. The van der Waals surface area contributed by atoms with Gasteiger partial charge in [-0.1, -0.05) is 17.2 Å². The van der Waals surface area contributed by atoms with E-state index in [2.05, 4.69) is 10.0 Å². The van der Waals surface area contributed by atoms with E-state index in [9.17, 15) is 9.18 Å². The molecule has 0 aliphatic carbocycles. The van der Waals surface area contributed by atoms with Crippen LogP contribution in [0, 0.1) is 11.7 Å². The van der Waals surface area contributed by atoms with Crippen molar-refractivity contribution in [2.75, 3.05) is 26.2 Å². The van der Waals surface area contributed by atoms with Gasteiger partial charge in [-0.2, -0.15) is 0 Å². The van der Waals surface area contributed by atoms with Crippen LogP contribution < -0.4 is 0 Å². The average molecular weight is 378 g/mol. The van der Waals surface area contributed by atoms with Crippen molar-refractivity contribution in [3.05, 3.63) is 46.1 Å². The number of amides is 1. The Hall–Kier alpha value is -2.31. The highest BCUT2D eigenvalue weighted by atomic mass is 19.1. The summed E-state index contributed by atoms with van der Waals surface area (Å²) >= 11 is 0. The minimum absolute atomic E-state index is 0.000802. The smallest absolute Gasteiger partial charge is 0.410 e. The van der Waals surface area contributed by atoms with Gasteiger partial charge in [0.25, 0.3) is 0 Å². The van der Waals surface area contributed by atoms with Crippen molar-refractivity contribution in [1.29, 1.82) is 0 Å². The SMILES string of the molecule is CC(C)(C)OC(=O)N1CCCC(C(OCCN=[N+]=[N-])c2cccc(F)c2)C1. The lowest BCUT2D eigenvalue weighted by atomic mass is 9.88.